The lowest BCUT2D eigenvalue weighted by Crippen LogP contribution is -2.57. The number of aliphatic hydroxyl groups is 1. The van der Waals surface area contributed by atoms with E-state index in [1.54, 1.807) is 19.2 Å². The lowest BCUT2D eigenvalue weighted by atomic mass is 9.99. The molecule has 0 fully saturated rings. The van der Waals surface area contributed by atoms with E-state index in [0.29, 0.717) is 24.0 Å². The van der Waals surface area contributed by atoms with E-state index in [2.05, 4.69) is 16.0 Å². The molecule has 1 heterocycles. The van der Waals surface area contributed by atoms with Crippen LogP contribution in [0.5, 0.6) is 0 Å². The quantitative estimate of drug-likeness (QED) is 0.146. The Kier molecular flexibility index (Phi) is 10.1. The second-order valence-corrected chi connectivity index (χ2v) is 11.1. The number of imide groups is 1. The van der Waals surface area contributed by atoms with Crippen molar-refractivity contribution >= 4 is 34.5 Å². The van der Waals surface area contributed by atoms with Crippen molar-refractivity contribution < 1.29 is 29.4 Å². The number of hydrogen-bond donors (Lipinski definition) is 5. The van der Waals surface area contributed by atoms with E-state index in [0.717, 1.165) is 21.2 Å². The molecule has 4 atom stereocenters. The molecule has 0 radical (unpaired) electrons. The maximum absolute atomic E-state index is 13.5. The topological polar surface area (TPSA) is 148 Å². The van der Waals surface area contributed by atoms with Crippen molar-refractivity contribution in [2.75, 3.05) is 13.6 Å². The minimum atomic E-state index is -1.20. The fraction of sp³-hybridized carbons (Fsp3) is 0.375. The smallest absolute Gasteiger partial charge is 0.320 e. The lowest BCUT2D eigenvalue weighted by molar-refractivity contribution is -0.140. The highest BCUT2D eigenvalue weighted by molar-refractivity contribution is 6.23. The number of aliphatic hydroxyl groups excluding tert-OH is 1. The summed E-state index contributed by atoms with van der Waals surface area (Å²) in [6.45, 7) is 3.71. The molecule has 0 aliphatic carbocycles. The molecule has 3 amide bonds. The van der Waals surface area contributed by atoms with E-state index in [4.69, 9.17) is 0 Å². The van der Waals surface area contributed by atoms with Crippen LogP contribution < -0.4 is 16.0 Å². The van der Waals surface area contributed by atoms with Crippen LogP contribution in [-0.4, -0.2) is 76.7 Å². The Morgan fingerprint density at radius 3 is 1.98 bits per heavy atom. The predicted molar refractivity (Wildman–Crippen MR) is 159 cm³/mol. The van der Waals surface area contributed by atoms with Crippen LogP contribution in [0.25, 0.3) is 10.8 Å². The summed E-state index contributed by atoms with van der Waals surface area (Å²) in [5.74, 6) is -2.53. The lowest BCUT2D eigenvalue weighted by Gasteiger charge is -2.29. The van der Waals surface area contributed by atoms with Gasteiger partial charge in [-0.3, -0.25) is 34.7 Å². The fourth-order valence-electron chi connectivity index (χ4n) is 5.28. The molecule has 1 unspecified atom stereocenters. The fourth-order valence-corrected chi connectivity index (χ4v) is 5.28. The number of carbonyl (C=O) groups is 4. The van der Waals surface area contributed by atoms with Crippen molar-refractivity contribution in [3.63, 3.8) is 0 Å². The van der Waals surface area contributed by atoms with Crippen molar-refractivity contribution in [1.29, 1.82) is 0 Å². The molecular weight excluding hydrogens is 536 g/mol. The van der Waals surface area contributed by atoms with Crippen LogP contribution in [0.4, 0.5) is 0 Å². The summed E-state index contributed by atoms with van der Waals surface area (Å²) >= 11 is 0. The summed E-state index contributed by atoms with van der Waals surface area (Å²) in [5, 5.41) is 30.8. The van der Waals surface area contributed by atoms with Crippen LogP contribution in [-0.2, 0) is 16.0 Å². The van der Waals surface area contributed by atoms with E-state index in [1.165, 1.54) is 0 Å². The van der Waals surface area contributed by atoms with Gasteiger partial charge in [-0.15, -0.1) is 0 Å². The average Bonchev–Trinajstić information content (AvgIpc) is 3.20. The molecule has 1 aliphatic rings. The van der Waals surface area contributed by atoms with Gasteiger partial charge in [0.15, 0.2) is 0 Å². The number of likely N-dealkylation sites (N-methyl/N-ethyl adjacent to an activating group) is 1. The Morgan fingerprint density at radius 1 is 0.881 bits per heavy atom. The monoisotopic (exact) mass is 574 g/mol. The van der Waals surface area contributed by atoms with E-state index in [-0.39, 0.29) is 18.9 Å². The average molecular weight is 575 g/mol. The van der Waals surface area contributed by atoms with Gasteiger partial charge < -0.3 is 15.5 Å². The molecule has 0 spiro atoms. The number of benzene rings is 3. The van der Waals surface area contributed by atoms with Crippen molar-refractivity contribution in [1.82, 2.24) is 20.9 Å². The molecule has 0 bridgehead atoms. The standard InChI is InChI=1S/C32H38N4O6/c1-19(2)15-26(29(38)35-27(28(37)33-3)16-20-9-5-4-6-10-20)34-25(32(41)42)13-14-36-30(39)23-17-21-11-7-8-12-22(21)18-24(23)31(36)40/h4-12,17-19,25-28,33-34,37H,13-16H2,1-3H3,(H,35,38)(H,41,42)/t25-,26+,27+,28?/m1/s1. The number of carbonyl (C=O) groups excluding carboxylic acids is 3. The summed E-state index contributed by atoms with van der Waals surface area (Å²) in [6, 6.07) is 17.5. The molecule has 0 aromatic heterocycles. The second-order valence-electron chi connectivity index (χ2n) is 11.1. The van der Waals surface area contributed by atoms with Gasteiger partial charge >= 0.3 is 5.97 Å². The summed E-state index contributed by atoms with van der Waals surface area (Å²) in [7, 11) is 1.58. The first-order valence-corrected chi connectivity index (χ1v) is 14.2. The molecule has 0 saturated heterocycles. The summed E-state index contributed by atoms with van der Waals surface area (Å²) in [6.07, 6.45) is -0.424. The normalized spacial score (nSPS) is 15.9. The number of rotatable bonds is 14. The minimum absolute atomic E-state index is 0.0508. The van der Waals surface area contributed by atoms with Crippen molar-refractivity contribution in [2.45, 2.75) is 57.5 Å². The van der Waals surface area contributed by atoms with Gasteiger partial charge in [0.25, 0.3) is 11.8 Å². The zero-order valence-electron chi connectivity index (χ0n) is 24.0. The third kappa shape index (κ3) is 7.20. The summed E-state index contributed by atoms with van der Waals surface area (Å²) in [4.78, 5) is 53.0. The maximum atomic E-state index is 13.5. The van der Waals surface area contributed by atoms with Crippen LogP contribution in [0.1, 0.15) is 53.0 Å². The molecular formula is C32H38N4O6. The molecule has 3 aromatic rings. The molecule has 10 heteroatoms. The SMILES string of the molecule is CNC(O)[C@H](Cc1ccccc1)NC(=O)[C@H](CC(C)C)N[C@H](CCN1C(=O)c2cc3ccccc3cc2C1=O)C(=O)O. The number of nitrogens with one attached hydrogen (secondary N) is 3. The Labute approximate surface area is 245 Å². The van der Waals surface area contributed by atoms with Crippen LogP contribution in [0.15, 0.2) is 66.7 Å². The molecule has 5 N–H and O–H groups in total. The third-order valence-electron chi connectivity index (χ3n) is 7.51. The number of nitrogens with zero attached hydrogens (tertiary/aromatic N) is 1. The molecule has 222 valence electrons. The van der Waals surface area contributed by atoms with Gasteiger partial charge in [-0.25, -0.2) is 0 Å². The van der Waals surface area contributed by atoms with E-state index >= 15 is 0 Å². The predicted octanol–water partition coefficient (Wildman–Crippen LogP) is 2.55. The number of amides is 3. The number of hydrogen-bond acceptors (Lipinski definition) is 7. The second kappa shape index (κ2) is 13.7. The van der Waals surface area contributed by atoms with Gasteiger partial charge in [0, 0.05) is 6.54 Å². The Bertz CT molecular complexity index is 1390. The first-order chi connectivity index (χ1) is 20.1. The van der Waals surface area contributed by atoms with Gasteiger partial charge in [0.1, 0.15) is 12.3 Å². The Hall–Kier alpha value is -4.12. The summed E-state index contributed by atoms with van der Waals surface area (Å²) < 4.78 is 0. The molecule has 4 rings (SSSR count). The number of carboxylic acid groups (broad SMARTS) is 1. The van der Waals surface area contributed by atoms with Gasteiger partial charge in [-0.2, -0.15) is 0 Å². The first kappa shape index (κ1) is 30.8. The summed E-state index contributed by atoms with van der Waals surface area (Å²) in [5.41, 5.74) is 1.51. The van der Waals surface area contributed by atoms with E-state index in [9.17, 15) is 29.4 Å². The Balaban J connectivity index is 1.46. The van der Waals surface area contributed by atoms with E-state index in [1.807, 2.05) is 68.4 Å². The van der Waals surface area contributed by atoms with Gasteiger partial charge in [0.2, 0.25) is 5.91 Å². The van der Waals surface area contributed by atoms with Gasteiger partial charge in [-0.05, 0) is 60.7 Å². The number of fused-ring (bicyclic) bond motifs is 2. The number of carboxylic acids is 1. The van der Waals surface area contributed by atoms with Crippen molar-refractivity contribution in [2.24, 2.45) is 5.92 Å². The minimum Gasteiger partial charge on any atom is -0.480 e. The number of aliphatic carboxylic acids is 1. The third-order valence-corrected chi connectivity index (χ3v) is 7.51. The van der Waals surface area contributed by atoms with Crippen molar-refractivity contribution in [3.05, 3.63) is 83.4 Å². The largest absolute Gasteiger partial charge is 0.480 e. The van der Waals surface area contributed by atoms with Gasteiger partial charge in [0.05, 0.1) is 23.2 Å². The van der Waals surface area contributed by atoms with Crippen LogP contribution in [0.3, 0.4) is 0 Å². The van der Waals surface area contributed by atoms with Crippen LogP contribution in [0.2, 0.25) is 0 Å². The van der Waals surface area contributed by atoms with Crippen LogP contribution >= 0.6 is 0 Å². The van der Waals surface area contributed by atoms with Crippen molar-refractivity contribution in [3.8, 4) is 0 Å². The molecule has 3 aromatic carbocycles. The highest BCUT2D eigenvalue weighted by Crippen LogP contribution is 2.28. The highest BCUT2D eigenvalue weighted by Gasteiger charge is 2.37. The van der Waals surface area contributed by atoms with Gasteiger partial charge in [-0.1, -0.05) is 68.4 Å². The molecule has 10 nitrogen and oxygen atoms in total. The molecule has 0 saturated carbocycles. The Morgan fingerprint density at radius 2 is 1.45 bits per heavy atom. The zero-order valence-corrected chi connectivity index (χ0v) is 24.0. The molecule has 1 aliphatic heterocycles. The van der Waals surface area contributed by atoms with E-state index < -0.39 is 48.0 Å². The molecule has 42 heavy (non-hydrogen) atoms. The maximum Gasteiger partial charge on any atom is 0.320 e. The van der Waals surface area contributed by atoms with Crippen LogP contribution in [0, 0.1) is 5.92 Å². The highest BCUT2D eigenvalue weighted by atomic mass is 16.4. The first-order valence-electron chi connectivity index (χ1n) is 14.2. The zero-order chi connectivity index (χ0) is 30.4.